The summed E-state index contributed by atoms with van der Waals surface area (Å²) >= 11 is 0. The van der Waals surface area contributed by atoms with Gasteiger partial charge in [0.2, 0.25) is 5.91 Å². The fourth-order valence-electron chi connectivity index (χ4n) is 3.84. The molecule has 2 aromatic carbocycles. The summed E-state index contributed by atoms with van der Waals surface area (Å²) in [5.74, 6) is -0.619. The van der Waals surface area contributed by atoms with E-state index in [0.29, 0.717) is 25.3 Å². The van der Waals surface area contributed by atoms with Gasteiger partial charge in [-0.2, -0.15) is 0 Å². The molecule has 0 radical (unpaired) electrons. The van der Waals surface area contributed by atoms with E-state index in [1.54, 1.807) is 12.1 Å². The molecule has 2 amide bonds. The Bertz CT molecular complexity index is 917. The molecular formula is C26H34FN3O3. The molecule has 0 spiro atoms. The van der Waals surface area contributed by atoms with E-state index in [9.17, 15) is 14.0 Å². The van der Waals surface area contributed by atoms with E-state index in [4.69, 9.17) is 4.74 Å². The summed E-state index contributed by atoms with van der Waals surface area (Å²) in [6.07, 6.45) is 0.186. The van der Waals surface area contributed by atoms with E-state index in [2.05, 4.69) is 36.3 Å². The Morgan fingerprint density at radius 3 is 2.24 bits per heavy atom. The Labute approximate surface area is 195 Å². The second kappa shape index (κ2) is 11.4. The zero-order valence-corrected chi connectivity index (χ0v) is 19.7. The van der Waals surface area contributed by atoms with Crippen molar-refractivity contribution >= 4 is 11.8 Å². The van der Waals surface area contributed by atoms with Gasteiger partial charge in [0.05, 0.1) is 19.3 Å². The highest BCUT2D eigenvalue weighted by molar-refractivity contribution is 5.94. The van der Waals surface area contributed by atoms with Gasteiger partial charge in [-0.25, -0.2) is 4.39 Å². The Balaban J connectivity index is 1.48. The minimum atomic E-state index is -0.285. The molecule has 1 heterocycles. The minimum absolute atomic E-state index is 0.0279. The molecule has 178 valence electrons. The number of hydrogen-bond acceptors (Lipinski definition) is 4. The van der Waals surface area contributed by atoms with Crippen LogP contribution in [0.3, 0.4) is 0 Å². The second-order valence-electron chi connectivity index (χ2n) is 9.35. The highest BCUT2D eigenvalue weighted by Gasteiger charge is 2.23. The lowest BCUT2D eigenvalue weighted by molar-refractivity contribution is -0.121. The van der Waals surface area contributed by atoms with Crippen LogP contribution in [0.1, 0.15) is 54.7 Å². The number of hydrogen-bond donors (Lipinski definition) is 2. The molecule has 1 fully saturated rings. The monoisotopic (exact) mass is 455 g/mol. The SMILES string of the molecule is CC(C)(C)c1ccc(C(=O)NCCC(=O)NC[C@H](c2ccc(F)cc2)N2CCOCC2)cc1. The number of rotatable bonds is 8. The van der Waals surface area contributed by atoms with E-state index in [1.165, 1.54) is 12.1 Å². The maximum absolute atomic E-state index is 13.4. The molecule has 0 aromatic heterocycles. The van der Waals surface area contributed by atoms with Crippen molar-refractivity contribution in [3.63, 3.8) is 0 Å². The smallest absolute Gasteiger partial charge is 0.251 e. The van der Waals surface area contributed by atoms with Gasteiger partial charge in [0, 0.05) is 38.2 Å². The third kappa shape index (κ3) is 7.37. The van der Waals surface area contributed by atoms with Crippen molar-refractivity contribution in [3.05, 3.63) is 71.0 Å². The third-order valence-electron chi connectivity index (χ3n) is 5.88. The Morgan fingerprint density at radius 1 is 1.00 bits per heavy atom. The van der Waals surface area contributed by atoms with E-state index >= 15 is 0 Å². The molecule has 0 unspecified atom stereocenters. The van der Waals surface area contributed by atoms with E-state index in [1.807, 2.05) is 24.3 Å². The van der Waals surface area contributed by atoms with Gasteiger partial charge in [-0.3, -0.25) is 14.5 Å². The van der Waals surface area contributed by atoms with Crippen molar-refractivity contribution < 1.29 is 18.7 Å². The molecule has 33 heavy (non-hydrogen) atoms. The van der Waals surface area contributed by atoms with Gasteiger partial charge >= 0.3 is 0 Å². The molecule has 6 nitrogen and oxygen atoms in total. The van der Waals surface area contributed by atoms with Crippen LogP contribution in [0.5, 0.6) is 0 Å². The van der Waals surface area contributed by atoms with Gasteiger partial charge < -0.3 is 15.4 Å². The quantitative estimate of drug-likeness (QED) is 0.640. The maximum atomic E-state index is 13.4. The Kier molecular flexibility index (Phi) is 8.58. The molecule has 0 aliphatic carbocycles. The number of carbonyl (C=O) groups excluding carboxylic acids is 2. The topological polar surface area (TPSA) is 70.7 Å². The summed E-state index contributed by atoms with van der Waals surface area (Å²) < 4.78 is 18.8. The van der Waals surface area contributed by atoms with Crippen molar-refractivity contribution in [3.8, 4) is 0 Å². The number of nitrogens with zero attached hydrogens (tertiary/aromatic N) is 1. The molecule has 1 atom stereocenters. The van der Waals surface area contributed by atoms with Crippen molar-refractivity contribution in [2.24, 2.45) is 0 Å². The molecule has 3 rings (SSSR count). The van der Waals surface area contributed by atoms with Gasteiger partial charge in [0.15, 0.2) is 0 Å². The highest BCUT2D eigenvalue weighted by atomic mass is 19.1. The van der Waals surface area contributed by atoms with Gasteiger partial charge in [-0.05, 0) is 40.8 Å². The van der Waals surface area contributed by atoms with E-state index in [-0.39, 0.29) is 42.1 Å². The van der Waals surface area contributed by atoms with Crippen LogP contribution in [0.4, 0.5) is 4.39 Å². The van der Waals surface area contributed by atoms with Crippen LogP contribution in [0.25, 0.3) is 0 Å². The first-order chi connectivity index (χ1) is 15.7. The predicted octanol–water partition coefficient (Wildman–Crippen LogP) is 3.43. The maximum Gasteiger partial charge on any atom is 0.251 e. The fraction of sp³-hybridized carbons (Fsp3) is 0.462. The zero-order valence-electron chi connectivity index (χ0n) is 19.7. The van der Waals surface area contributed by atoms with Gasteiger partial charge in [-0.1, -0.05) is 45.0 Å². The van der Waals surface area contributed by atoms with Crippen molar-refractivity contribution in [2.75, 3.05) is 39.4 Å². The summed E-state index contributed by atoms with van der Waals surface area (Å²) in [5.41, 5.74) is 2.72. The van der Waals surface area contributed by atoms with Crippen LogP contribution in [0, 0.1) is 5.82 Å². The lowest BCUT2D eigenvalue weighted by Crippen LogP contribution is -2.44. The lowest BCUT2D eigenvalue weighted by Gasteiger charge is -2.35. The molecule has 1 aliphatic rings. The van der Waals surface area contributed by atoms with Crippen molar-refractivity contribution in [1.82, 2.24) is 15.5 Å². The van der Waals surface area contributed by atoms with Crippen LogP contribution in [0.15, 0.2) is 48.5 Å². The number of benzene rings is 2. The van der Waals surface area contributed by atoms with Crippen LogP contribution in [-0.4, -0.2) is 56.1 Å². The third-order valence-corrected chi connectivity index (χ3v) is 5.88. The molecule has 2 N–H and O–H groups in total. The molecule has 1 saturated heterocycles. The normalized spacial score (nSPS) is 15.6. The molecule has 0 saturated carbocycles. The van der Waals surface area contributed by atoms with E-state index < -0.39 is 0 Å². The highest BCUT2D eigenvalue weighted by Crippen LogP contribution is 2.23. The van der Waals surface area contributed by atoms with Gasteiger partial charge in [-0.15, -0.1) is 0 Å². The number of ether oxygens (including phenoxy) is 1. The summed E-state index contributed by atoms with van der Waals surface area (Å²) in [4.78, 5) is 27.0. The predicted molar refractivity (Wildman–Crippen MR) is 127 cm³/mol. The number of morpholine rings is 1. The largest absolute Gasteiger partial charge is 0.379 e. The summed E-state index contributed by atoms with van der Waals surface area (Å²) in [6.45, 7) is 9.81. The Morgan fingerprint density at radius 2 is 1.64 bits per heavy atom. The van der Waals surface area contributed by atoms with Crippen LogP contribution in [-0.2, 0) is 14.9 Å². The second-order valence-corrected chi connectivity index (χ2v) is 9.35. The minimum Gasteiger partial charge on any atom is -0.379 e. The van der Waals surface area contributed by atoms with Crippen molar-refractivity contribution in [1.29, 1.82) is 0 Å². The summed E-state index contributed by atoms with van der Waals surface area (Å²) in [7, 11) is 0. The molecular weight excluding hydrogens is 421 g/mol. The molecule has 1 aliphatic heterocycles. The van der Waals surface area contributed by atoms with Crippen LogP contribution in [0.2, 0.25) is 0 Å². The fourth-order valence-corrected chi connectivity index (χ4v) is 3.84. The first kappa shape index (κ1) is 24.9. The summed E-state index contributed by atoms with van der Waals surface area (Å²) in [5, 5.41) is 5.77. The van der Waals surface area contributed by atoms with Gasteiger partial charge in [0.1, 0.15) is 5.82 Å². The standard InChI is InChI=1S/C26H34FN3O3/c1-26(2,3)21-8-4-20(5-9-21)25(32)28-13-12-24(31)29-18-23(30-14-16-33-17-15-30)19-6-10-22(27)11-7-19/h4-11,23H,12-18H2,1-3H3,(H,28,32)(H,29,31)/t23-/m1/s1. The number of amides is 2. The first-order valence-electron chi connectivity index (χ1n) is 11.5. The molecule has 7 heteroatoms. The number of nitrogens with one attached hydrogen (secondary N) is 2. The van der Waals surface area contributed by atoms with Crippen LogP contribution < -0.4 is 10.6 Å². The zero-order chi connectivity index (χ0) is 23.8. The number of carbonyl (C=O) groups is 2. The Hall–Kier alpha value is -2.77. The van der Waals surface area contributed by atoms with Crippen LogP contribution >= 0.6 is 0 Å². The number of halogens is 1. The average Bonchev–Trinajstić information content (AvgIpc) is 2.80. The summed E-state index contributed by atoms with van der Waals surface area (Å²) in [6, 6.07) is 13.9. The molecule has 0 bridgehead atoms. The lowest BCUT2D eigenvalue weighted by atomic mass is 9.87. The molecule has 2 aromatic rings. The first-order valence-corrected chi connectivity index (χ1v) is 11.5. The van der Waals surface area contributed by atoms with Crippen molar-refractivity contribution in [2.45, 2.75) is 38.6 Å². The average molecular weight is 456 g/mol. The van der Waals surface area contributed by atoms with E-state index in [0.717, 1.165) is 24.2 Å². The van der Waals surface area contributed by atoms with Gasteiger partial charge in [0.25, 0.3) is 5.91 Å².